The van der Waals surface area contributed by atoms with E-state index in [-0.39, 0.29) is 24.0 Å². The average Bonchev–Trinajstić information content (AvgIpc) is 3.11. The second kappa shape index (κ2) is 11.4. The summed E-state index contributed by atoms with van der Waals surface area (Å²) >= 11 is 0. The minimum atomic E-state index is 0. The van der Waals surface area contributed by atoms with Crippen LogP contribution in [0.2, 0.25) is 0 Å². The van der Waals surface area contributed by atoms with Crippen LogP contribution in [0.25, 0.3) is 0 Å². The quantitative estimate of drug-likeness (QED) is 0.383. The lowest BCUT2D eigenvalue weighted by atomic mass is 10.1. The lowest BCUT2D eigenvalue weighted by Crippen LogP contribution is -2.41. The summed E-state index contributed by atoms with van der Waals surface area (Å²) in [6.07, 6.45) is 1.12. The summed E-state index contributed by atoms with van der Waals surface area (Å²) in [7, 11) is 5.39. The van der Waals surface area contributed by atoms with E-state index < -0.39 is 0 Å². The summed E-state index contributed by atoms with van der Waals surface area (Å²) in [5, 5.41) is 3.36. The maximum Gasteiger partial charge on any atom is 0.193 e. The zero-order chi connectivity index (χ0) is 17.4. The lowest BCUT2D eigenvalue weighted by molar-refractivity contribution is 0.181. The van der Waals surface area contributed by atoms with Crippen LogP contribution in [0.5, 0.6) is 11.5 Å². The molecule has 2 rings (SSSR count). The number of hydrogen-bond acceptors (Lipinski definition) is 4. The predicted molar refractivity (Wildman–Crippen MR) is 111 cm³/mol. The van der Waals surface area contributed by atoms with Gasteiger partial charge in [0.1, 0.15) is 11.5 Å². The minimum absolute atomic E-state index is 0. The topological polar surface area (TPSA) is 55.3 Å². The number of ether oxygens (including phenoxy) is 3. The maximum absolute atomic E-state index is 5.46. The van der Waals surface area contributed by atoms with Crippen molar-refractivity contribution in [3.8, 4) is 11.5 Å². The summed E-state index contributed by atoms with van der Waals surface area (Å²) in [5.41, 5.74) is 1.03. The first-order valence-electron chi connectivity index (χ1n) is 8.46. The molecule has 1 atom stereocenters. The number of nitrogens with zero attached hydrogens (tertiary/aromatic N) is 2. The standard InChI is InChI=1S/C18H29N3O3.HI/c1-5-19-18(21(2)12-14-8-9-24-13-14)20-11-15-6-7-16(22-3)10-17(15)23-4;/h6-7,10,14H,5,8-9,11-13H2,1-4H3,(H,19,20);1H. The molecule has 1 N–H and O–H groups in total. The smallest absolute Gasteiger partial charge is 0.193 e. The number of nitrogens with one attached hydrogen (secondary N) is 1. The molecule has 142 valence electrons. The Kier molecular flexibility index (Phi) is 9.96. The Balaban J connectivity index is 0.00000312. The normalized spacial score (nSPS) is 17.0. The number of aliphatic imine (C=N–C) groups is 1. The minimum Gasteiger partial charge on any atom is -0.497 e. The van der Waals surface area contributed by atoms with Crippen LogP contribution in [0.1, 0.15) is 18.9 Å². The van der Waals surface area contributed by atoms with Gasteiger partial charge in [0.2, 0.25) is 0 Å². The van der Waals surface area contributed by atoms with Crippen LogP contribution in [-0.4, -0.2) is 58.4 Å². The lowest BCUT2D eigenvalue weighted by Gasteiger charge is -2.24. The van der Waals surface area contributed by atoms with Crippen molar-refractivity contribution in [3.05, 3.63) is 23.8 Å². The van der Waals surface area contributed by atoms with Gasteiger partial charge in [-0.3, -0.25) is 0 Å². The van der Waals surface area contributed by atoms with Crippen molar-refractivity contribution < 1.29 is 14.2 Å². The molecule has 25 heavy (non-hydrogen) atoms. The Morgan fingerprint density at radius 1 is 1.36 bits per heavy atom. The highest BCUT2D eigenvalue weighted by molar-refractivity contribution is 14.0. The molecule has 1 aromatic rings. The van der Waals surface area contributed by atoms with E-state index in [1.165, 1.54) is 0 Å². The Morgan fingerprint density at radius 2 is 2.16 bits per heavy atom. The van der Waals surface area contributed by atoms with Gasteiger partial charge in [-0.25, -0.2) is 4.99 Å². The summed E-state index contributed by atoms with van der Waals surface area (Å²) in [6.45, 7) is 6.14. The second-order valence-electron chi connectivity index (χ2n) is 5.96. The van der Waals surface area contributed by atoms with Crippen LogP contribution >= 0.6 is 24.0 Å². The van der Waals surface area contributed by atoms with Gasteiger partial charge in [-0.15, -0.1) is 24.0 Å². The number of hydrogen-bond donors (Lipinski definition) is 1. The Labute approximate surface area is 167 Å². The van der Waals surface area contributed by atoms with Crippen LogP contribution in [0.15, 0.2) is 23.2 Å². The highest BCUT2D eigenvalue weighted by Crippen LogP contribution is 2.25. The highest BCUT2D eigenvalue weighted by Gasteiger charge is 2.19. The molecule has 7 heteroatoms. The molecular formula is C18H30IN3O3. The number of halogens is 1. The third-order valence-electron chi connectivity index (χ3n) is 4.15. The van der Waals surface area contributed by atoms with Crippen LogP contribution in [0.3, 0.4) is 0 Å². The van der Waals surface area contributed by atoms with Crippen molar-refractivity contribution in [1.82, 2.24) is 10.2 Å². The van der Waals surface area contributed by atoms with E-state index in [0.29, 0.717) is 12.5 Å². The number of rotatable bonds is 7. The molecule has 1 aliphatic rings. The first-order valence-corrected chi connectivity index (χ1v) is 8.46. The fourth-order valence-corrected chi connectivity index (χ4v) is 2.81. The monoisotopic (exact) mass is 463 g/mol. The van der Waals surface area contributed by atoms with E-state index in [1.807, 2.05) is 18.2 Å². The first kappa shape index (κ1) is 21.8. The van der Waals surface area contributed by atoms with Crippen molar-refractivity contribution >= 4 is 29.9 Å². The van der Waals surface area contributed by atoms with Crippen LogP contribution in [-0.2, 0) is 11.3 Å². The third kappa shape index (κ3) is 6.54. The highest BCUT2D eigenvalue weighted by atomic mass is 127. The van der Waals surface area contributed by atoms with E-state index in [2.05, 4.69) is 24.2 Å². The fourth-order valence-electron chi connectivity index (χ4n) is 2.81. The van der Waals surface area contributed by atoms with Gasteiger partial charge in [-0.1, -0.05) is 0 Å². The van der Waals surface area contributed by atoms with E-state index in [1.54, 1.807) is 14.2 Å². The predicted octanol–water partition coefficient (Wildman–Crippen LogP) is 2.76. The van der Waals surface area contributed by atoms with Crippen molar-refractivity contribution in [1.29, 1.82) is 0 Å². The van der Waals surface area contributed by atoms with Crippen LogP contribution < -0.4 is 14.8 Å². The first-order chi connectivity index (χ1) is 11.7. The summed E-state index contributed by atoms with van der Waals surface area (Å²) < 4.78 is 16.2. The van der Waals surface area contributed by atoms with E-state index in [0.717, 1.165) is 55.7 Å². The van der Waals surface area contributed by atoms with Crippen LogP contribution in [0, 0.1) is 5.92 Å². The Morgan fingerprint density at radius 3 is 2.76 bits per heavy atom. The summed E-state index contributed by atoms with van der Waals surface area (Å²) in [6, 6.07) is 5.81. The van der Waals surface area contributed by atoms with Gasteiger partial charge in [0.15, 0.2) is 5.96 Å². The molecule has 0 amide bonds. The molecule has 1 heterocycles. The van der Waals surface area contributed by atoms with Gasteiger partial charge in [-0.05, 0) is 25.5 Å². The molecule has 6 nitrogen and oxygen atoms in total. The summed E-state index contributed by atoms with van der Waals surface area (Å²) in [5.74, 6) is 3.06. The molecule has 0 aliphatic carbocycles. The van der Waals surface area contributed by atoms with Crippen molar-refractivity contribution in [2.24, 2.45) is 10.9 Å². The van der Waals surface area contributed by atoms with Gasteiger partial charge < -0.3 is 24.4 Å². The largest absolute Gasteiger partial charge is 0.497 e. The maximum atomic E-state index is 5.46. The molecule has 0 spiro atoms. The number of benzene rings is 1. The molecule has 1 unspecified atom stereocenters. The molecule has 0 radical (unpaired) electrons. The molecule has 1 aliphatic heterocycles. The van der Waals surface area contributed by atoms with Crippen LogP contribution in [0.4, 0.5) is 0 Å². The number of guanidine groups is 1. The molecule has 1 saturated heterocycles. The van der Waals surface area contributed by atoms with E-state index >= 15 is 0 Å². The average molecular weight is 463 g/mol. The zero-order valence-corrected chi connectivity index (χ0v) is 17.9. The fraction of sp³-hybridized carbons (Fsp3) is 0.611. The van der Waals surface area contributed by atoms with Crippen molar-refractivity contribution in [2.45, 2.75) is 19.9 Å². The van der Waals surface area contributed by atoms with E-state index in [9.17, 15) is 0 Å². The SMILES string of the molecule is CCNC(=NCc1ccc(OC)cc1OC)N(C)CC1CCOC1.I. The van der Waals surface area contributed by atoms with Gasteiger partial charge in [0.05, 0.1) is 27.4 Å². The molecular weight excluding hydrogens is 433 g/mol. The molecule has 1 fully saturated rings. The Bertz CT molecular complexity index is 548. The molecule has 0 saturated carbocycles. The zero-order valence-electron chi connectivity index (χ0n) is 15.6. The third-order valence-corrected chi connectivity index (χ3v) is 4.15. The molecule has 0 bridgehead atoms. The van der Waals surface area contributed by atoms with Crippen molar-refractivity contribution in [2.75, 3.05) is 47.6 Å². The second-order valence-corrected chi connectivity index (χ2v) is 5.96. The van der Waals surface area contributed by atoms with Gasteiger partial charge in [0.25, 0.3) is 0 Å². The summed E-state index contributed by atoms with van der Waals surface area (Å²) in [4.78, 5) is 6.94. The van der Waals surface area contributed by atoms with E-state index in [4.69, 9.17) is 19.2 Å². The molecule has 1 aromatic carbocycles. The molecule has 0 aromatic heterocycles. The van der Waals surface area contributed by atoms with Crippen molar-refractivity contribution in [3.63, 3.8) is 0 Å². The van der Waals surface area contributed by atoms with Gasteiger partial charge >= 0.3 is 0 Å². The van der Waals surface area contributed by atoms with Gasteiger partial charge in [0, 0.05) is 44.3 Å². The Hall–Kier alpha value is -1.22. The van der Waals surface area contributed by atoms with Gasteiger partial charge in [-0.2, -0.15) is 0 Å². The number of methoxy groups -OCH3 is 2.